The Bertz CT molecular complexity index is 619. The van der Waals surface area contributed by atoms with Crippen molar-refractivity contribution < 1.29 is 13.6 Å². The van der Waals surface area contributed by atoms with E-state index in [2.05, 4.69) is 0 Å². The zero-order valence-corrected chi connectivity index (χ0v) is 12.9. The summed E-state index contributed by atoms with van der Waals surface area (Å²) >= 11 is 0. The molecule has 122 valence electrons. The summed E-state index contributed by atoms with van der Waals surface area (Å²) in [5.41, 5.74) is -0.112. The number of nitrogens with zero attached hydrogens (tertiary/aromatic N) is 3. The second-order valence-corrected chi connectivity index (χ2v) is 6.19. The number of hydrogen-bond donors (Lipinski definition) is 0. The van der Waals surface area contributed by atoms with E-state index in [4.69, 9.17) is 5.26 Å². The van der Waals surface area contributed by atoms with Crippen LogP contribution in [0.15, 0.2) is 12.1 Å². The Labute approximate surface area is 134 Å². The number of likely N-dealkylation sites (tertiary alicyclic amines) is 1. The SMILES string of the molecule is N#Cc1cc(F)c(N2CCC(C(=O)N3CCCC3)CC2)c(F)c1. The minimum Gasteiger partial charge on any atom is -0.367 e. The summed E-state index contributed by atoms with van der Waals surface area (Å²) in [6.45, 7) is 2.56. The highest BCUT2D eigenvalue weighted by Gasteiger charge is 2.31. The Hall–Kier alpha value is -2.16. The van der Waals surface area contributed by atoms with Crippen LogP contribution in [0.1, 0.15) is 31.2 Å². The molecule has 3 rings (SSSR count). The Morgan fingerprint density at radius 1 is 1.09 bits per heavy atom. The van der Waals surface area contributed by atoms with E-state index in [1.165, 1.54) is 0 Å². The highest BCUT2D eigenvalue weighted by atomic mass is 19.1. The summed E-state index contributed by atoms with van der Waals surface area (Å²) in [6, 6.07) is 3.85. The van der Waals surface area contributed by atoms with Crippen LogP contribution in [-0.4, -0.2) is 37.0 Å². The molecule has 2 fully saturated rings. The molecule has 1 aromatic carbocycles. The van der Waals surface area contributed by atoms with Gasteiger partial charge in [-0.3, -0.25) is 4.79 Å². The zero-order chi connectivity index (χ0) is 16.4. The van der Waals surface area contributed by atoms with Gasteiger partial charge in [-0.25, -0.2) is 8.78 Å². The summed E-state index contributed by atoms with van der Waals surface area (Å²) in [6.07, 6.45) is 3.33. The first-order valence-corrected chi connectivity index (χ1v) is 8.03. The molecule has 4 nitrogen and oxygen atoms in total. The molecule has 6 heteroatoms. The largest absolute Gasteiger partial charge is 0.367 e. The normalized spacial score (nSPS) is 19.0. The van der Waals surface area contributed by atoms with Gasteiger partial charge < -0.3 is 9.80 Å². The van der Waals surface area contributed by atoms with Crippen molar-refractivity contribution in [2.75, 3.05) is 31.1 Å². The highest BCUT2D eigenvalue weighted by molar-refractivity contribution is 5.79. The fourth-order valence-corrected chi connectivity index (χ4v) is 3.48. The van der Waals surface area contributed by atoms with Crippen LogP contribution in [0.5, 0.6) is 0 Å². The molecule has 2 saturated heterocycles. The van der Waals surface area contributed by atoms with Crippen LogP contribution < -0.4 is 4.90 Å². The van der Waals surface area contributed by atoms with Crippen LogP contribution in [-0.2, 0) is 4.79 Å². The van der Waals surface area contributed by atoms with E-state index in [1.807, 2.05) is 4.90 Å². The van der Waals surface area contributed by atoms with Crippen LogP contribution in [0.3, 0.4) is 0 Å². The first-order valence-electron chi connectivity index (χ1n) is 8.03. The molecule has 23 heavy (non-hydrogen) atoms. The third-order valence-electron chi connectivity index (χ3n) is 4.72. The van der Waals surface area contributed by atoms with Gasteiger partial charge in [0, 0.05) is 32.1 Å². The number of hydrogen-bond acceptors (Lipinski definition) is 3. The first kappa shape index (κ1) is 15.7. The molecule has 0 bridgehead atoms. The summed E-state index contributed by atoms with van der Waals surface area (Å²) in [4.78, 5) is 15.9. The van der Waals surface area contributed by atoms with Gasteiger partial charge in [0.2, 0.25) is 5.91 Å². The number of nitriles is 1. The Morgan fingerprint density at radius 2 is 1.65 bits per heavy atom. The van der Waals surface area contributed by atoms with Crippen molar-refractivity contribution in [1.29, 1.82) is 5.26 Å². The number of carbonyl (C=O) groups is 1. The average Bonchev–Trinajstić information content (AvgIpc) is 3.08. The third kappa shape index (κ3) is 3.14. The fourth-order valence-electron chi connectivity index (χ4n) is 3.48. The van der Waals surface area contributed by atoms with Crippen molar-refractivity contribution in [2.24, 2.45) is 5.92 Å². The second kappa shape index (κ2) is 6.53. The summed E-state index contributed by atoms with van der Waals surface area (Å²) in [5, 5.41) is 8.75. The molecule has 0 aliphatic carbocycles. The molecule has 1 aromatic rings. The number of anilines is 1. The lowest BCUT2D eigenvalue weighted by Crippen LogP contribution is -2.42. The molecule has 0 aromatic heterocycles. The van der Waals surface area contributed by atoms with Gasteiger partial charge in [0.25, 0.3) is 0 Å². The molecule has 2 heterocycles. The maximum absolute atomic E-state index is 14.1. The van der Waals surface area contributed by atoms with E-state index in [-0.39, 0.29) is 23.1 Å². The Morgan fingerprint density at radius 3 is 2.17 bits per heavy atom. The van der Waals surface area contributed by atoms with Crippen molar-refractivity contribution in [3.63, 3.8) is 0 Å². The van der Waals surface area contributed by atoms with Gasteiger partial charge in [-0.15, -0.1) is 0 Å². The van der Waals surface area contributed by atoms with Crippen molar-refractivity contribution in [3.05, 3.63) is 29.3 Å². The number of rotatable bonds is 2. The number of halogens is 2. The molecular formula is C17H19F2N3O. The average molecular weight is 319 g/mol. The Balaban J connectivity index is 1.67. The van der Waals surface area contributed by atoms with Crippen LogP contribution in [0, 0.1) is 28.9 Å². The van der Waals surface area contributed by atoms with Crippen molar-refractivity contribution in [3.8, 4) is 6.07 Å². The lowest BCUT2D eigenvalue weighted by molar-refractivity contribution is -0.135. The quantitative estimate of drug-likeness (QED) is 0.842. The molecule has 0 spiro atoms. The lowest BCUT2D eigenvalue weighted by atomic mass is 9.94. The fraction of sp³-hybridized carbons (Fsp3) is 0.529. The molecular weight excluding hydrogens is 300 g/mol. The Kier molecular flexibility index (Phi) is 4.46. The molecule has 0 saturated carbocycles. The molecule has 0 N–H and O–H groups in total. The van der Waals surface area contributed by atoms with Gasteiger partial charge in [-0.1, -0.05) is 0 Å². The summed E-state index contributed by atoms with van der Waals surface area (Å²) < 4.78 is 28.2. The third-order valence-corrected chi connectivity index (χ3v) is 4.72. The van der Waals surface area contributed by atoms with Gasteiger partial charge in [-0.2, -0.15) is 5.26 Å². The molecule has 0 radical (unpaired) electrons. The smallest absolute Gasteiger partial charge is 0.225 e. The standard InChI is InChI=1S/C17H19F2N3O/c18-14-9-12(11-20)10-15(19)16(14)21-7-3-13(4-8-21)17(23)22-5-1-2-6-22/h9-10,13H,1-8H2. The topological polar surface area (TPSA) is 47.3 Å². The van der Waals surface area contributed by atoms with E-state index in [0.29, 0.717) is 25.9 Å². The van der Waals surface area contributed by atoms with Gasteiger partial charge in [0.05, 0.1) is 11.6 Å². The number of amides is 1. The second-order valence-electron chi connectivity index (χ2n) is 6.19. The van der Waals surface area contributed by atoms with Crippen molar-refractivity contribution in [1.82, 2.24) is 4.90 Å². The van der Waals surface area contributed by atoms with Gasteiger partial charge in [0.15, 0.2) is 11.6 Å². The van der Waals surface area contributed by atoms with Gasteiger partial charge in [-0.05, 0) is 37.8 Å². The van der Waals surface area contributed by atoms with Crippen molar-refractivity contribution >= 4 is 11.6 Å². The molecule has 0 unspecified atom stereocenters. The number of benzene rings is 1. The number of piperidine rings is 1. The summed E-state index contributed by atoms with van der Waals surface area (Å²) in [7, 11) is 0. The minimum absolute atomic E-state index is 0.0251. The van der Waals surface area contributed by atoms with Crippen LogP contribution in [0.4, 0.5) is 14.5 Å². The molecule has 2 aliphatic heterocycles. The predicted octanol–water partition coefficient (Wildman–Crippen LogP) is 2.68. The predicted molar refractivity (Wildman–Crippen MR) is 81.8 cm³/mol. The van der Waals surface area contributed by atoms with Crippen LogP contribution >= 0.6 is 0 Å². The van der Waals surface area contributed by atoms with E-state index in [1.54, 1.807) is 11.0 Å². The molecule has 1 amide bonds. The molecule has 0 atom stereocenters. The van der Waals surface area contributed by atoms with Crippen LogP contribution in [0.2, 0.25) is 0 Å². The van der Waals surface area contributed by atoms with E-state index in [9.17, 15) is 13.6 Å². The van der Waals surface area contributed by atoms with E-state index < -0.39 is 11.6 Å². The monoisotopic (exact) mass is 319 g/mol. The maximum atomic E-state index is 14.1. The maximum Gasteiger partial charge on any atom is 0.225 e. The van der Waals surface area contributed by atoms with Crippen molar-refractivity contribution in [2.45, 2.75) is 25.7 Å². The minimum atomic E-state index is -0.717. The zero-order valence-electron chi connectivity index (χ0n) is 12.9. The lowest BCUT2D eigenvalue weighted by Gasteiger charge is -2.34. The first-order chi connectivity index (χ1) is 11.1. The number of carbonyl (C=O) groups excluding carboxylic acids is 1. The van der Waals surface area contributed by atoms with E-state index in [0.717, 1.165) is 38.1 Å². The van der Waals surface area contributed by atoms with Gasteiger partial charge in [0.1, 0.15) is 5.69 Å². The van der Waals surface area contributed by atoms with Gasteiger partial charge >= 0.3 is 0 Å². The van der Waals surface area contributed by atoms with E-state index >= 15 is 0 Å². The molecule has 2 aliphatic rings. The highest BCUT2D eigenvalue weighted by Crippen LogP contribution is 2.30. The van der Waals surface area contributed by atoms with Crippen LogP contribution in [0.25, 0.3) is 0 Å². The summed E-state index contributed by atoms with van der Waals surface area (Å²) in [5.74, 6) is -1.30.